The van der Waals surface area contributed by atoms with Gasteiger partial charge in [0.25, 0.3) is 0 Å². The van der Waals surface area contributed by atoms with E-state index in [1.165, 1.54) is 7.11 Å². The molecule has 4 nitrogen and oxygen atoms in total. The minimum Gasteiger partial charge on any atom is -0.469 e. The van der Waals surface area contributed by atoms with Crippen molar-refractivity contribution in [3.63, 3.8) is 0 Å². The van der Waals surface area contributed by atoms with Gasteiger partial charge in [-0.3, -0.25) is 9.59 Å². The van der Waals surface area contributed by atoms with Crippen LogP contribution in [0.5, 0.6) is 0 Å². The number of piperidine rings is 1. The molecule has 0 radical (unpaired) electrons. The number of rotatable bonds is 2. The predicted octanol–water partition coefficient (Wildman–Crippen LogP) is 1.05. The maximum atomic E-state index is 11.9. The molecule has 2 atom stereocenters. The highest BCUT2D eigenvalue weighted by Crippen LogP contribution is 2.33. The van der Waals surface area contributed by atoms with E-state index in [9.17, 15) is 9.59 Å². The molecule has 1 saturated carbocycles. The molecule has 2 rings (SSSR count). The summed E-state index contributed by atoms with van der Waals surface area (Å²) in [6.07, 6.45) is 2.83. The number of carbonyl (C=O) groups excluding carboxylic acids is 2. The first kappa shape index (κ1) is 11.4. The van der Waals surface area contributed by atoms with Crippen LogP contribution < -0.4 is 0 Å². The van der Waals surface area contributed by atoms with Crippen molar-refractivity contribution in [2.75, 3.05) is 20.2 Å². The van der Waals surface area contributed by atoms with Crippen LogP contribution in [-0.2, 0) is 14.3 Å². The highest BCUT2D eigenvalue weighted by Gasteiger charge is 2.38. The summed E-state index contributed by atoms with van der Waals surface area (Å²) < 4.78 is 4.77. The van der Waals surface area contributed by atoms with Gasteiger partial charge in [0.05, 0.1) is 13.0 Å². The second kappa shape index (κ2) is 4.44. The zero-order valence-corrected chi connectivity index (χ0v) is 9.94. The Morgan fingerprint density at radius 2 is 1.94 bits per heavy atom. The van der Waals surface area contributed by atoms with E-state index in [1.54, 1.807) is 0 Å². The first-order valence-corrected chi connectivity index (χ1v) is 6.00. The van der Waals surface area contributed by atoms with Crippen molar-refractivity contribution in [2.45, 2.75) is 26.2 Å². The number of hydrogen-bond acceptors (Lipinski definition) is 3. The third-order valence-electron chi connectivity index (χ3n) is 3.65. The Balaban J connectivity index is 1.91. The van der Waals surface area contributed by atoms with Crippen LogP contribution in [-0.4, -0.2) is 37.0 Å². The standard InChI is InChI=1S/C12H19NO3/c1-8-7-13(11(14)9-3-4-9)6-5-10(8)12(15)16-2/h8-10H,3-7H2,1-2H3/t8-,10+/m0/s1. The summed E-state index contributed by atoms with van der Waals surface area (Å²) >= 11 is 0. The molecule has 1 saturated heterocycles. The molecule has 0 bridgehead atoms. The topological polar surface area (TPSA) is 46.6 Å². The minimum absolute atomic E-state index is 0.0340. The van der Waals surface area contributed by atoms with Gasteiger partial charge in [0.2, 0.25) is 5.91 Å². The molecular weight excluding hydrogens is 206 g/mol. The molecule has 0 N–H and O–H groups in total. The highest BCUT2D eigenvalue weighted by molar-refractivity contribution is 5.81. The summed E-state index contributed by atoms with van der Waals surface area (Å²) in [5.74, 6) is 0.611. The number of hydrogen-bond donors (Lipinski definition) is 0. The summed E-state index contributed by atoms with van der Waals surface area (Å²) in [5.41, 5.74) is 0. The van der Waals surface area contributed by atoms with E-state index in [-0.39, 0.29) is 29.6 Å². The second-order valence-corrected chi connectivity index (χ2v) is 4.95. The van der Waals surface area contributed by atoms with Crippen molar-refractivity contribution in [1.29, 1.82) is 0 Å². The normalized spacial score (nSPS) is 30.0. The Morgan fingerprint density at radius 1 is 1.25 bits per heavy atom. The highest BCUT2D eigenvalue weighted by atomic mass is 16.5. The number of ether oxygens (including phenoxy) is 1. The van der Waals surface area contributed by atoms with E-state index in [0.717, 1.165) is 19.3 Å². The van der Waals surface area contributed by atoms with E-state index in [1.807, 2.05) is 11.8 Å². The van der Waals surface area contributed by atoms with Crippen molar-refractivity contribution >= 4 is 11.9 Å². The Labute approximate surface area is 95.9 Å². The molecule has 0 aromatic rings. The van der Waals surface area contributed by atoms with Crippen LogP contribution in [0.15, 0.2) is 0 Å². The van der Waals surface area contributed by atoms with Crippen molar-refractivity contribution in [3.05, 3.63) is 0 Å². The first-order valence-electron chi connectivity index (χ1n) is 6.00. The van der Waals surface area contributed by atoms with Crippen molar-refractivity contribution < 1.29 is 14.3 Å². The molecule has 90 valence electrons. The second-order valence-electron chi connectivity index (χ2n) is 4.95. The molecule has 0 aromatic heterocycles. The molecule has 2 aliphatic rings. The summed E-state index contributed by atoms with van der Waals surface area (Å²) in [5, 5.41) is 0. The number of likely N-dealkylation sites (tertiary alicyclic amines) is 1. The molecule has 0 spiro atoms. The average Bonchev–Trinajstić information content (AvgIpc) is 3.10. The Hall–Kier alpha value is -1.06. The van der Waals surface area contributed by atoms with Crippen LogP contribution in [0.1, 0.15) is 26.2 Å². The third kappa shape index (κ3) is 2.20. The van der Waals surface area contributed by atoms with Gasteiger partial charge >= 0.3 is 5.97 Å². The Kier molecular flexibility index (Phi) is 3.17. The molecule has 1 aliphatic heterocycles. The van der Waals surface area contributed by atoms with E-state index in [2.05, 4.69) is 0 Å². The van der Waals surface area contributed by atoms with E-state index in [0.29, 0.717) is 13.1 Å². The van der Waals surface area contributed by atoms with Crippen LogP contribution in [0.3, 0.4) is 0 Å². The van der Waals surface area contributed by atoms with Gasteiger partial charge < -0.3 is 9.64 Å². The van der Waals surface area contributed by atoms with Crippen molar-refractivity contribution in [2.24, 2.45) is 17.8 Å². The molecule has 1 aliphatic carbocycles. The van der Waals surface area contributed by atoms with Crippen LogP contribution in [0.4, 0.5) is 0 Å². The number of carbonyl (C=O) groups is 2. The maximum absolute atomic E-state index is 11.9. The minimum atomic E-state index is -0.133. The van der Waals surface area contributed by atoms with Gasteiger partial charge in [-0.15, -0.1) is 0 Å². The molecule has 1 heterocycles. The van der Waals surface area contributed by atoms with E-state index in [4.69, 9.17) is 4.74 Å². The summed E-state index contributed by atoms with van der Waals surface area (Å²) in [6.45, 7) is 3.43. The fourth-order valence-corrected chi connectivity index (χ4v) is 2.44. The molecule has 2 fully saturated rings. The predicted molar refractivity (Wildman–Crippen MR) is 58.6 cm³/mol. The van der Waals surface area contributed by atoms with Gasteiger partial charge in [-0.1, -0.05) is 6.92 Å². The fraction of sp³-hybridized carbons (Fsp3) is 0.833. The maximum Gasteiger partial charge on any atom is 0.309 e. The van der Waals surface area contributed by atoms with Crippen molar-refractivity contribution in [3.8, 4) is 0 Å². The molecule has 0 aromatic carbocycles. The fourth-order valence-electron chi connectivity index (χ4n) is 2.44. The molecule has 4 heteroatoms. The van der Waals surface area contributed by atoms with Crippen LogP contribution in [0.2, 0.25) is 0 Å². The zero-order chi connectivity index (χ0) is 11.7. The monoisotopic (exact) mass is 225 g/mol. The third-order valence-corrected chi connectivity index (χ3v) is 3.65. The largest absolute Gasteiger partial charge is 0.469 e. The zero-order valence-electron chi connectivity index (χ0n) is 9.94. The number of methoxy groups -OCH3 is 1. The Bertz CT molecular complexity index is 299. The van der Waals surface area contributed by atoms with Crippen molar-refractivity contribution in [1.82, 2.24) is 4.90 Å². The summed E-state index contributed by atoms with van der Waals surface area (Å²) in [6, 6.07) is 0. The quantitative estimate of drug-likeness (QED) is 0.660. The van der Waals surface area contributed by atoms with Gasteiger partial charge in [-0.05, 0) is 25.2 Å². The smallest absolute Gasteiger partial charge is 0.309 e. The first-order chi connectivity index (χ1) is 7.63. The molecule has 0 unspecified atom stereocenters. The number of amides is 1. The van der Waals surface area contributed by atoms with Crippen LogP contribution in [0, 0.1) is 17.8 Å². The lowest BCUT2D eigenvalue weighted by Crippen LogP contribution is -2.45. The van der Waals surface area contributed by atoms with E-state index < -0.39 is 0 Å². The number of esters is 1. The molecule has 16 heavy (non-hydrogen) atoms. The van der Waals surface area contributed by atoms with Crippen LogP contribution in [0.25, 0.3) is 0 Å². The number of nitrogens with zero attached hydrogens (tertiary/aromatic N) is 1. The summed E-state index contributed by atoms with van der Waals surface area (Å²) in [4.78, 5) is 25.3. The van der Waals surface area contributed by atoms with Gasteiger partial charge in [-0.25, -0.2) is 0 Å². The Morgan fingerprint density at radius 3 is 2.44 bits per heavy atom. The lowest BCUT2D eigenvalue weighted by Gasteiger charge is -2.35. The van der Waals surface area contributed by atoms with Gasteiger partial charge in [0.15, 0.2) is 0 Å². The SMILES string of the molecule is COC(=O)[C@@H]1CCN(C(=O)C2CC2)C[C@@H]1C. The lowest BCUT2D eigenvalue weighted by atomic mass is 9.87. The molecular formula is C12H19NO3. The van der Waals surface area contributed by atoms with Gasteiger partial charge in [0.1, 0.15) is 0 Å². The van der Waals surface area contributed by atoms with Gasteiger partial charge in [0, 0.05) is 19.0 Å². The van der Waals surface area contributed by atoms with Crippen LogP contribution >= 0.6 is 0 Å². The lowest BCUT2D eigenvalue weighted by molar-refractivity contribution is -0.151. The van der Waals surface area contributed by atoms with E-state index >= 15 is 0 Å². The summed E-state index contributed by atoms with van der Waals surface area (Å²) in [7, 11) is 1.43. The molecule has 1 amide bonds. The van der Waals surface area contributed by atoms with Gasteiger partial charge in [-0.2, -0.15) is 0 Å². The average molecular weight is 225 g/mol.